The molecule has 0 saturated heterocycles. The minimum Gasteiger partial charge on any atom is -0.481 e. The second-order valence-corrected chi connectivity index (χ2v) is 6.01. The molecule has 112 valence electrons. The molecule has 2 aromatic rings. The number of halogens is 1. The van der Waals surface area contributed by atoms with Crippen LogP contribution in [0.5, 0.6) is 0 Å². The Labute approximate surface area is 133 Å². The summed E-state index contributed by atoms with van der Waals surface area (Å²) in [7, 11) is 0. The van der Waals surface area contributed by atoms with Gasteiger partial charge in [0.1, 0.15) is 0 Å². The maximum atomic E-state index is 12.4. The molecule has 1 N–H and O–H groups in total. The van der Waals surface area contributed by atoms with Crippen molar-refractivity contribution >= 4 is 23.4 Å². The Balaban J connectivity index is 1.78. The van der Waals surface area contributed by atoms with Gasteiger partial charge in [-0.05, 0) is 36.1 Å². The van der Waals surface area contributed by atoms with Crippen LogP contribution >= 0.6 is 11.6 Å². The van der Waals surface area contributed by atoms with E-state index in [0.29, 0.717) is 23.4 Å². The molecule has 0 aromatic heterocycles. The van der Waals surface area contributed by atoms with Crippen molar-refractivity contribution in [3.63, 3.8) is 0 Å². The van der Waals surface area contributed by atoms with E-state index in [1.165, 1.54) is 0 Å². The van der Waals surface area contributed by atoms with Crippen LogP contribution in [-0.2, 0) is 4.79 Å². The lowest BCUT2D eigenvalue weighted by Gasteiger charge is -2.31. The maximum absolute atomic E-state index is 12.4. The zero-order valence-electron chi connectivity index (χ0n) is 11.8. The molecule has 0 amide bonds. The molecule has 4 heteroatoms. The SMILES string of the molecule is O=C(O)[C@H]1CC[C@@H]1C(=O)c1ccc(-c2ccc(Cl)cc2)cc1. The number of benzene rings is 2. The van der Waals surface area contributed by atoms with Crippen LogP contribution in [0.1, 0.15) is 23.2 Å². The van der Waals surface area contributed by atoms with Gasteiger partial charge in [0.15, 0.2) is 5.78 Å². The maximum Gasteiger partial charge on any atom is 0.307 e. The lowest BCUT2D eigenvalue weighted by molar-refractivity contribution is -0.146. The first kappa shape index (κ1) is 14.8. The molecular formula is C18H15ClO3. The number of Topliss-reactive ketones (excluding diaryl/α,β-unsaturated/α-hetero) is 1. The summed E-state index contributed by atoms with van der Waals surface area (Å²) in [6.45, 7) is 0. The van der Waals surface area contributed by atoms with Crippen LogP contribution in [0.4, 0.5) is 0 Å². The van der Waals surface area contributed by atoms with E-state index in [4.69, 9.17) is 16.7 Å². The molecule has 1 aliphatic rings. The molecule has 22 heavy (non-hydrogen) atoms. The lowest BCUT2D eigenvalue weighted by Crippen LogP contribution is -2.38. The van der Waals surface area contributed by atoms with Crippen LogP contribution in [0.3, 0.4) is 0 Å². The second kappa shape index (κ2) is 5.93. The van der Waals surface area contributed by atoms with E-state index in [0.717, 1.165) is 11.1 Å². The first-order valence-corrected chi connectivity index (χ1v) is 7.57. The van der Waals surface area contributed by atoms with Crippen molar-refractivity contribution in [2.24, 2.45) is 11.8 Å². The number of carbonyl (C=O) groups is 2. The lowest BCUT2D eigenvalue weighted by atomic mass is 9.70. The van der Waals surface area contributed by atoms with Crippen LogP contribution in [0.15, 0.2) is 48.5 Å². The fourth-order valence-electron chi connectivity index (χ4n) is 2.79. The van der Waals surface area contributed by atoms with Crippen LogP contribution in [0.25, 0.3) is 11.1 Å². The number of hydrogen-bond acceptors (Lipinski definition) is 2. The van der Waals surface area contributed by atoms with Gasteiger partial charge in [0, 0.05) is 16.5 Å². The van der Waals surface area contributed by atoms with Gasteiger partial charge in [-0.1, -0.05) is 48.0 Å². The van der Waals surface area contributed by atoms with Crippen LogP contribution in [0, 0.1) is 11.8 Å². The average molecular weight is 315 g/mol. The van der Waals surface area contributed by atoms with Crippen LogP contribution in [-0.4, -0.2) is 16.9 Å². The normalized spacial score (nSPS) is 20.2. The smallest absolute Gasteiger partial charge is 0.307 e. The number of hydrogen-bond donors (Lipinski definition) is 1. The molecule has 1 saturated carbocycles. The summed E-state index contributed by atoms with van der Waals surface area (Å²) in [5.41, 5.74) is 2.60. The third kappa shape index (κ3) is 2.77. The van der Waals surface area contributed by atoms with Crippen molar-refractivity contribution < 1.29 is 14.7 Å². The molecule has 3 rings (SSSR count). The molecule has 2 atom stereocenters. The van der Waals surface area contributed by atoms with E-state index in [1.807, 2.05) is 36.4 Å². The Bertz CT molecular complexity index is 704. The van der Waals surface area contributed by atoms with Gasteiger partial charge in [-0.15, -0.1) is 0 Å². The molecule has 0 spiro atoms. The predicted molar refractivity (Wildman–Crippen MR) is 85.1 cm³/mol. The molecule has 0 aliphatic heterocycles. The third-order valence-electron chi connectivity index (χ3n) is 4.28. The predicted octanol–water partition coefficient (Wildman–Crippen LogP) is 4.30. The summed E-state index contributed by atoms with van der Waals surface area (Å²) >= 11 is 5.87. The second-order valence-electron chi connectivity index (χ2n) is 5.58. The Hall–Kier alpha value is -2.13. The quantitative estimate of drug-likeness (QED) is 0.856. The minimum atomic E-state index is -0.873. The third-order valence-corrected chi connectivity index (χ3v) is 4.53. The van der Waals surface area contributed by atoms with Crippen molar-refractivity contribution in [2.75, 3.05) is 0 Å². The van der Waals surface area contributed by atoms with Gasteiger partial charge in [0.25, 0.3) is 0 Å². The van der Waals surface area contributed by atoms with Crippen LogP contribution < -0.4 is 0 Å². The van der Waals surface area contributed by atoms with Crippen molar-refractivity contribution in [1.29, 1.82) is 0 Å². The van der Waals surface area contributed by atoms with Gasteiger partial charge >= 0.3 is 5.97 Å². The highest BCUT2D eigenvalue weighted by Crippen LogP contribution is 2.37. The molecule has 2 aromatic carbocycles. The standard InChI is InChI=1S/C18H15ClO3/c19-14-7-5-12(6-8-14)11-1-3-13(4-2-11)17(20)15-9-10-16(15)18(21)22/h1-8,15-16H,9-10H2,(H,21,22)/t15-,16-/m0/s1. The van der Waals surface area contributed by atoms with Crippen molar-refractivity contribution in [2.45, 2.75) is 12.8 Å². The highest BCUT2D eigenvalue weighted by Gasteiger charge is 2.41. The number of aliphatic carboxylic acids is 1. The van der Waals surface area contributed by atoms with E-state index in [2.05, 4.69) is 0 Å². The van der Waals surface area contributed by atoms with E-state index in [1.54, 1.807) is 12.1 Å². The van der Waals surface area contributed by atoms with Crippen molar-refractivity contribution in [3.05, 3.63) is 59.1 Å². The number of ketones is 1. The summed E-state index contributed by atoms with van der Waals surface area (Å²) in [6, 6.07) is 14.8. The molecule has 1 fully saturated rings. The summed E-state index contributed by atoms with van der Waals surface area (Å²) < 4.78 is 0. The number of carbonyl (C=O) groups excluding carboxylic acids is 1. The van der Waals surface area contributed by atoms with Crippen LogP contribution in [0.2, 0.25) is 5.02 Å². The molecular weight excluding hydrogens is 300 g/mol. The van der Waals surface area contributed by atoms with Gasteiger partial charge in [-0.3, -0.25) is 9.59 Å². The highest BCUT2D eigenvalue weighted by atomic mass is 35.5. The van der Waals surface area contributed by atoms with Crippen molar-refractivity contribution in [3.8, 4) is 11.1 Å². The first-order valence-electron chi connectivity index (χ1n) is 7.19. The fraction of sp³-hybridized carbons (Fsp3) is 0.222. The Morgan fingerprint density at radius 1 is 0.864 bits per heavy atom. The molecule has 1 aliphatic carbocycles. The average Bonchev–Trinajstić information content (AvgIpc) is 2.46. The first-order chi connectivity index (χ1) is 10.6. The molecule has 0 unspecified atom stereocenters. The topological polar surface area (TPSA) is 54.4 Å². The van der Waals surface area contributed by atoms with Gasteiger partial charge in [-0.25, -0.2) is 0 Å². The zero-order valence-corrected chi connectivity index (χ0v) is 12.6. The minimum absolute atomic E-state index is 0.0682. The van der Waals surface area contributed by atoms with E-state index in [9.17, 15) is 9.59 Å². The van der Waals surface area contributed by atoms with E-state index >= 15 is 0 Å². The van der Waals surface area contributed by atoms with Gasteiger partial charge in [0.2, 0.25) is 0 Å². The Morgan fingerprint density at radius 3 is 1.82 bits per heavy atom. The molecule has 0 heterocycles. The van der Waals surface area contributed by atoms with Crippen molar-refractivity contribution in [1.82, 2.24) is 0 Å². The number of carboxylic acids is 1. The zero-order chi connectivity index (χ0) is 15.7. The molecule has 3 nitrogen and oxygen atoms in total. The summed E-state index contributed by atoms with van der Waals surface area (Å²) in [4.78, 5) is 23.4. The van der Waals surface area contributed by atoms with Gasteiger partial charge < -0.3 is 5.11 Å². The number of rotatable bonds is 4. The Kier molecular flexibility index (Phi) is 3.99. The summed E-state index contributed by atoms with van der Waals surface area (Å²) in [5, 5.41) is 9.73. The van der Waals surface area contributed by atoms with E-state index < -0.39 is 11.9 Å². The number of carboxylic acid groups (broad SMARTS) is 1. The molecule has 0 radical (unpaired) electrons. The fourth-order valence-corrected chi connectivity index (χ4v) is 2.92. The largest absolute Gasteiger partial charge is 0.481 e. The monoisotopic (exact) mass is 314 g/mol. The summed E-state index contributed by atoms with van der Waals surface area (Å²) in [6.07, 6.45) is 1.25. The Morgan fingerprint density at radius 2 is 1.36 bits per heavy atom. The summed E-state index contributed by atoms with van der Waals surface area (Å²) in [5.74, 6) is -1.84. The molecule has 0 bridgehead atoms. The highest BCUT2D eigenvalue weighted by molar-refractivity contribution is 6.30. The van der Waals surface area contributed by atoms with Gasteiger partial charge in [-0.2, -0.15) is 0 Å². The van der Waals surface area contributed by atoms with E-state index in [-0.39, 0.29) is 11.7 Å². The van der Waals surface area contributed by atoms with Gasteiger partial charge in [0.05, 0.1) is 5.92 Å².